The highest BCUT2D eigenvalue weighted by atomic mass is 32.2. The lowest BCUT2D eigenvalue weighted by atomic mass is 10.1. The van der Waals surface area contributed by atoms with E-state index < -0.39 is 10.2 Å². The minimum atomic E-state index is -3.56. The number of aryl methyl sites for hydroxylation is 1. The molecule has 0 unspecified atom stereocenters. The van der Waals surface area contributed by atoms with Crippen LogP contribution >= 0.6 is 0 Å². The van der Waals surface area contributed by atoms with Crippen LogP contribution in [0.2, 0.25) is 0 Å². The lowest BCUT2D eigenvalue weighted by molar-refractivity contribution is 0.587. The molecule has 0 amide bonds. The van der Waals surface area contributed by atoms with Gasteiger partial charge in [0.2, 0.25) is 0 Å². The molecule has 0 aliphatic rings. The van der Waals surface area contributed by atoms with Crippen LogP contribution in [-0.2, 0) is 10.2 Å². The van der Waals surface area contributed by atoms with E-state index in [0.29, 0.717) is 5.69 Å². The monoisotopic (exact) mass is 300 g/mol. The summed E-state index contributed by atoms with van der Waals surface area (Å²) in [6, 6.07) is 5.68. The van der Waals surface area contributed by atoms with Crippen molar-refractivity contribution in [3.8, 4) is 0 Å². The van der Waals surface area contributed by atoms with Crippen LogP contribution in [0.3, 0.4) is 0 Å². The number of rotatable bonds is 8. The second kappa shape index (κ2) is 7.47. The Balaban J connectivity index is 2.88. The first-order chi connectivity index (χ1) is 9.43. The van der Waals surface area contributed by atoms with Crippen molar-refractivity contribution in [1.29, 1.82) is 0 Å². The molecule has 4 N–H and O–H groups in total. The average Bonchev–Trinajstić information content (AvgIpc) is 2.41. The van der Waals surface area contributed by atoms with Crippen molar-refractivity contribution in [3.63, 3.8) is 0 Å². The zero-order valence-corrected chi connectivity index (χ0v) is 13.1. The van der Waals surface area contributed by atoms with E-state index in [1.807, 2.05) is 19.1 Å². The minimum Gasteiger partial charge on any atom is -0.372 e. The largest absolute Gasteiger partial charge is 0.372 e. The highest BCUT2D eigenvalue weighted by molar-refractivity contribution is 7.90. The van der Waals surface area contributed by atoms with Crippen LogP contribution in [0.5, 0.6) is 0 Å². The van der Waals surface area contributed by atoms with Gasteiger partial charge in [0.15, 0.2) is 0 Å². The van der Waals surface area contributed by atoms with Crippen molar-refractivity contribution in [1.82, 2.24) is 4.72 Å². The first kappa shape index (κ1) is 16.7. The Kier molecular flexibility index (Phi) is 6.25. The second-order valence-corrected chi connectivity index (χ2v) is 5.96. The van der Waals surface area contributed by atoms with Gasteiger partial charge in [-0.2, -0.15) is 13.1 Å². The third-order valence-electron chi connectivity index (χ3n) is 3.02. The molecular formula is C13H24N4O2S. The second-order valence-electron chi connectivity index (χ2n) is 4.46. The van der Waals surface area contributed by atoms with Crippen LogP contribution < -0.4 is 20.1 Å². The summed E-state index contributed by atoms with van der Waals surface area (Å²) in [6.45, 7) is 8.37. The van der Waals surface area contributed by atoms with Gasteiger partial charge in [-0.25, -0.2) is 0 Å². The number of nitrogens with two attached hydrogens (primary N) is 1. The Morgan fingerprint density at radius 3 is 2.40 bits per heavy atom. The molecule has 0 bridgehead atoms. The lowest BCUT2D eigenvalue weighted by Gasteiger charge is -2.22. The van der Waals surface area contributed by atoms with Crippen LogP contribution in [-0.4, -0.2) is 34.6 Å². The average molecular weight is 300 g/mol. The van der Waals surface area contributed by atoms with Gasteiger partial charge >= 0.3 is 0 Å². The molecule has 6 nitrogen and oxygen atoms in total. The third kappa shape index (κ3) is 4.66. The van der Waals surface area contributed by atoms with Crippen LogP contribution in [0.4, 0.5) is 11.4 Å². The summed E-state index contributed by atoms with van der Waals surface area (Å²) in [5.41, 5.74) is 7.83. The molecule has 1 aromatic rings. The smallest absolute Gasteiger partial charge is 0.299 e. The molecule has 0 saturated heterocycles. The summed E-state index contributed by atoms with van der Waals surface area (Å²) in [5, 5.41) is 0. The molecular weight excluding hydrogens is 276 g/mol. The molecule has 0 heterocycles. The van der Waals surface area contributed by atoms with E-state index >= 15 is 0 Å². The quantitative estimate of drug-likeness (QED) is 0.669. The first-order valence-corrected chi connectivity index (χ1v) is 8.24. The van der Waals surface area contributed by atoms with Crippen molar-refractivity contribution in [3.05, 3.63) is 23.8 Å². The van der Waals surface area contributed by atoms with Crippen molar-refractivity contribution >= 4 is 21.6 Å². The van der Waals surface area contributed by atoms with Crippen LogP contribution in [0.25, 0.3) is 0 Å². The molecule has 7 heteroatoms. The first-order valence-electron chi connectivity index (χ1n) is 6.76. The SMILES string of the molecule is CCN(CC)c1ccc(NS(=O)(=O)NCCN)c(C)c1. The molecule has 0 aliphatic heterocycles. The molecule has 0 aromatic heterocycles. The number of nitrogens with zero attached hydrogens (tertiary/aromatic N) is 1. The van der Waals surface area contributed by atoms with Gasteiger partial charge in [-0.05, 0) is 44.5 Å². The number of hydrogen-bond acceptors (Lipinski definition) is 4. The van der Waals surface area contributed by atoms with Gasteiger partial charge in [0.1, 0.15) is 0 Å². The van der Waals surface area contributed by atoms with E-state index in [-0.39, 0.29) is 13.1 Å². The van der Waals surface area contributed by atoms with Gasteiger partial charge < -0.3 is 10.6 Å². The van der Waals surface area contributed by atoms with E-state index in [9.17, 15) is 8.42 Å². The zero-order chi connectivity index (χ0) is 15.2. The van der Waals surface area contributed by atoms with Crippen LogP contribution in [0, 0.1) is 6.92 Å². The molecule has 0 saturated carbocycles. The summed E-state index contributed by atoms with van der Waals surface area (Å²) >= 11 is 0. The fourth-order valence-electron chi connectivity index (χ4n) is 1.92. The molecule has 114 valence electrons. The predicted octanol–water partition coefficient (Wildman–Crippen LogP) is 1.05. The van der Waals surface area contributed by atoms with E-state index in [1.165, 1.54) is 0 Å². The number of nitrogens with one attached hydrogen (secondary N) is 2. The molecule has 0 atom stereocenters. The highest BCUT2D eigenvalue weighted by Gasteiger charge is 2.11. The molecule has 0 radical (unpaired) electrons. The number of hydrogen-bond donors (Lipinski definition) is 3. The van der Waals surface area contributed by atoms with E-state index in [2.05, 4.69) is 28.2 Å². The molecule has 0 aliphatic carbocycles. The van der Waals surface area contributed by atoms with Crippen molar-refractivity contribution in [2.75, 3.05) is 35.8 Å². The fraction of sp³-hybridized carbons (Fsp3) is 0.538. The van der Waals surface area contributed by atoms with Crippen molar-refractivity contribution < 1.29 is 8.42 Å². The Morgan fingerprint density at radius 2 is 1.90 bits per heavy atom. The number of benzene rings is 1. The molecule has 20 heavy (non-hydrogen) atoms. The predicted molar refractivity (Wildman–Crippen MR) is 84.3 cm³/mol. The van der Waals surface area contributed by atoms with Gasteiger partial charge in [-0.3, -0.25) is 4.72 Å². The summed E-state index contributed by atoms with van der Waals surface area (Å²) < 4.78 is 28.4. The fourth-order valence-corrected chi connectivity index (χ4v) is 2.90. The van der Waals surface area contributed by atoms with E-state index in [0.717, 1.165) is 24.3 Å². The molecule has 0 fully saturated rings. The van der Waals surface area contributed by atoms with E-state index in [1.54, 1.807) is 6.07 Å². The van der Waals surface area contributed by atoms with Crippen molar-refractivity contribution in [2.24, 2.45) is 5.73 Å². The van der Waals surface area contributed by atoms with Crippen molar-refractivity contribution in [2.45, 2.75) is 20.8 Å². The molecule has 1 aromatic carbocycles. The molecule has 0 spiro atoms. The van der Waals surface area contributed by atoms with Crippen LogP contribution in [0.1, 0.15) is 19.4 Å². The highest BCUT2D eigenvalue weighted by Crippen LogP contribution is 2.23. The number of anilines is 2. The Bertz CT molecular complexity index is 527. The van der Waals surface area contributed by atoms with Gasteiger partial charge in [-0.15, -0.1) is 0 Å². The Hall–Kier alpha value is -1.31. The maximum atomic E-state index is 11.8. The standard InChI is InChI=1S/C13H24N4O2S/c1-4-17(5-2)12-6-7-13(11(3)10-12)16-20(18,19)15-9-8-14/h6-7,10,15-16H,4-5,8-9,14H2,1-3H3. The van der Waals surface area contributed by atoms with Gasteiger partial charge in [0.05, 0.1) is 5.69 Å². The lowest BCUT2D eigenvalue weighted by Crippen LogP contribution is -2.34. The summed E-state index contributed by atoms with van der Waals surface area (Å²) in [6.07, 6.45) is 0. The summed E-state index contributed by atoms with van der Waals surface area (Å²) in [5.74, 6) is 0. The maximum Gasteiger partial charge on any atom is 0.299 e. The maximum absolute atomic E-state index is 11.8. The topological polar surface area (TPSA) is 87.5 Å². The summed E-state index contributed by atoms with van der Waals surface area (Å²) in [7, 11) is -3.56. The van der Waals surface area contributed by atoms with Gasteiger partial charge in [-0.1, -0.05) is 0 Å². The minimum absolute atomic E-state index is 0.214. The van der Waals surface area contributed by atoms with Gasteiger partial charge in [0, 0.05) is 31.9 Å². The van der Waals surface area contributed by atoms with E-state index in [4.69, 9.17) is 5.73 Å². The normalized spacial score (nSPS) is 11.4. The Labute approximate surface area is 121 Å². The third-order valence-corrected chi connectivity index (χ3v) is 4.09. The summed E-state index contributed by atoms with van der Waals surface area (Å²) in [4.78, 5) is 2.21. The zero-order valence-electron chi connectivity index (χ0n) is 12.3. The Morgan fingerprint density at radius 1 is 1.25 bits per heavy atom. The van der Waals surface area contributed by atoms with Gasteiger partial charge in [0.25, 0.3) is 10.2 Å². The van der Waals surface area contributed by atoms with Crippen LogP contribution in [0.15, 0.2) is 18.2 Å². The molecule has 1 rings (SSSR count).